The van der Waals surface area contributed by atoms with E-state index in [4.69, 9.17) is 13.7 Å². The monoisotopic (exact) mass is 210 g/mol. The summed E-state index contributed by atoms with van der Waals surface area (Å²) in [6, 6.07) is 12.4. The second-order valence-corrected chi connectivity index (χ2v) is 4.54. The van der Waals surface area contributed by atoms with Crippen LogP contribution in [0.2, 0.25) is 0 Å². The fourth-order valence-corrected chi connectivity index (χ4v) is 1.87. The van der Waals surface area contributed by atoms with Crippen molar-refractivity contribution in [1.82, 2.24) is 0 Å². The van der Waals surface area contributed by atoms with E-state index in [9.17, 15) is 0 Å². The Bertz CT molecular complexity index is 462. The van der Waals surface area contributed by atoms with Gasteiger partial charge < -0.3 is 13.7 Å². The summed E-state index contributed by atoms with van der Waals surface area (Å²) in [5.41, 5.74) is 0. The van der Waals surface area contributed by atoms with Gasteiger partial charge >= 0.3 is 0 Å². The van der Waals surface area contributed by atoms with E-state index in [1.807, 2.05) is 24.3 Å². The Kier molecular flexibility index (Phi) is 2.20. The lowest BCUT2D eigenvalue weighted by molar-refractivity contribution is 0.376. The Hall–Kier alpha value is -1.07. The third-order valence-corrected chi connectivity index (χ3v) is 2.92. The van der Waals surface area contributed by atoms with Crippen molar-refractivity contribution in [3.05, 3.63) is 42.5 Å². The Labute approximate surface area is 83.2 Å². The van der Waals surface area contributed by atoms with Gasteiger partial charge in [-0.1, -0.05) is 30.3 Å². The Balaban J connectivity index is 2.63. The molecule has 0 unspecified atom stereocenters. The Morgan fingerprint density at radius 3 is 2.07 bits per heavy atom. The molecule has 4 heteroatoms. The van der Waals surface area contributed by atoms with Crippen LogP contribution in [0.25, 0.3) is 10.8 Å². The number of hydrogen-bond donors (Lipinski definition) is 3. The van der Waals surface area contributed by atoms with Gasteiger partial charge in [-0.25, -0.2) is 0 Å². The van der Waals surface area contributed by atoms with E-state index >= 15 is 0 Å². The van der Waals surface area contributed by atoms with Crippen molar-refractivity contribution in [1.29, 1.82) is 0 Å². The predicted octanol–water partition coefficient (Wildman–Crippen LogP) is 3.42. The third kappa shape index (κ3) is 1.73. The van der Waals surface area contributed by atoms with Crippen LogP contribution in [0.3, 0.4) is 0 Å². The van der Waals surface area contributed by atoms with Crippen LogP contribution < -0.4 is 0 Å². The standard InChI is InChI=1S/C10H10O3S/c11-14(12,13)10-6-5-8-3-1-2-4-9(8)7-10/h1-7,11-13H. The minimum atomic E-state index is -3.59. The molecule has 0 amide bonds. The topological polar surface area (TPSA) is 60.7 Å². The minimum Gasteiger partial charge on any atom is -0.304 e. The fourth-order valence-electron chi connectivity index (χ4n) is 1.34. The van der Waals surface area contributed by atoms with E-state index in [2.05, 4.69) is 0 Å². The zero-order valence-corrected chi connectivity index (χ0v) is 8.11. The molecule has 2 aromatic carbocycles. The molecule has 0 atom stereocenters. The summed E-state index contributed by atoms with van der Waals surface area (Å²) in [7, 11) is -3.59. The lowest BCUT2D eigenvalue weighted by Gasteiger charge is -2.19. The van der Waals surface area contributed by atoms with Crippen LogP contribution >= 0.6 is 10.9 Å². The number of benzene rings is 2. The lowest BCUT2D eigenvalue weighted by atomic mass is 10.1. The first-order valence-corrected chi connectivity index (χ1v) is 5.57. The molecule has 2 aromatic rings. The van der Waals surface area contributed by atoms with E-state index in [-0.39, 0.29) is 4.90 Å². The van der Waals surface area contributed by atoms with Gasteiger partial charge in [0.15, 0.2) is 0 Å². The summed E-state index contributed by atoms with van der Waals surface area (Å²) in [4.78, 5) is 0.149. The molecule has 0 spiro atoms. The Morgan fingerprint density at radius 1 is 0.786 bits per heavy atom. The summed E-state index contributed by atoms with van der Waals surface area (Å²) in [6.45, 7) is 0. The quantitative estimate of drug-likeness (QED) is 0.675. The summed E-state index contributed by atoms with van der Waals surface area (Å²) in [5, 5.41) is 1.87. The van der Waals surface area contributed by atoms with Crippen LogP contribution in [0, 0.1) is 0 Å². The smallest absolute Gasteiger partial charge is 0.112 e. The molecular formula is C10H10O3S. The van der Waals surface area contributed by atoms with Gasteiger partial charge in [0.1, 0.15) is 10.9 Å². The van der Waals surface area contributed by atoms with Gasteiger partial charge in [-0.2, -0.15) is 0 Å². The highest BCUT2D eigenvalue weighted by Crippen LogP contribution is 2.44. The van der Waals surface area contributed by atoms with E-state index in [1.54, 1.807) is 12.1 Å². The first-order chi connectivity index (χ1) is 6.57. The molecule has 0 saturated carbocycles. The van der Waals surface area contributed by atoms with Gasteiger partial charge in [-0.15, -0.1) is 0 Å². The molecule has 2 rings (SSSR count). The molecule has 0 aliphatic carbocycles. The van der Waals surface area contributed by atoms with Gasteiger partial charge in [0.25, 0.3) is 0 Å². The highest BCUT2D eigenvalue weighted by Gasteiger charge is 2.14. The predicted molar refractivity (Wildman–Crippen MR) is 57.7 cm³/mol. The van der Waals surface area contributed by atoms with Crippen LogP contribution in [-0.2, 0) is 0 Å². The molecule has 0 aromatic heterocycles. The Morgan fingerprint density at radius 2 is 1.43 bits per heavy atom. The molecule has 74 valence electrons. The molecule has 0 aliphatic rings. The number of rotatable bonds is 1. The van der Waals surface area contributed by atoms with E-state index < -0.39 is 10.9 Å². The van der Waals surface area contributed by atoms with Crippen molar-refractivity contribution >= 4 is 21.6 Å². The van der Waals surface area contributed by atoms with Crippen molar-refractivity contribution in [3.8, 4) is 0 Å². The van der Waals surface area contributed by atoms with Crippen LogP contribution in [0.1, 0.15) is 0 Å². The minimum absolute atomic E-state index is 0.149. The van der Waals surface area contributed by atoms with E-state index in [0.717, 1.165) is 10.8 Å². The molecule has 0 radical (unpaired) electrons. The second-order valence-electron chi connectivity index (χ2n) is 3.03. The summed E-state index contributed by atoms with van der Waals surface area (Å²) in [6.07, 6.45) is 0. The maximum atomic E-state index is 9.04. The molecule has 3 N–H and O–H groups in total. The summed E-state index contributed by atoms with van der Waals surface area (Å²) in [5.74, 6) is 0. The fraction of sp³-hybridized carbons (Fsp3) is 0. The molecular weight excluding hydrogens is 200 g/mol. The third-order valence-electron chi connectivity index (χ3n) is 2.04. The summed E-state index contributed by atoms with van der Waals surface area (Å²) >= 11 is 0. The van der Waals surface area contributed by atoms with Crippen molar-refractivity contribution in [3.63, 3.8) is 0 Å². The van der Waals surface area contributed by atoms with Crippen molar-refractivity contribution in [2.24, 2.45) is 0 Å². The maximum absolute atomic E-state index is 9.04. The highest BCUT2D eigenvalue weighted by atomic mass is 32.3. The normalized spacial score (nSPS) is 13.1. The average Bonchev–Trinajstić information content (AvgIpc) is 2.16. The van der Waals surface area contributed by atoms with Crippen molar-refractivity contribution < 1.29 is 13.7 Å². The molecule has 0 heterocycles. The first-order valence-electron chi connectivity index (χ1n) is 4.07. The molecule has 0 bridgehead atoms. The molecule has 3 nitrogen and oxygen atoms in total. The van der Waals surface area contributed by atoms with Crippen molar-refractivity contribution in [2.45, 2.75) is 4.90 Å². The van der Waals surface area contributed by atoms with E-state index in [0.29, 0.717) is 0 Å². The highest BCUT2D eigenvalue weighted by molar-refractivity contribution is 8.19. The molecule has 0 aliphatic heterocycles. The average molecular weight is 210 g/mol. The van der Waals surface area contributed by atoms with Gasteiger partial charge in [0.05, 0.1) is 4.90 Å². The molecule has 0 saturated heterocycles. The van der Waals surface area contributed by atoms with Crippen LogP contribution in [-0.4, -0.2) is 13.7 Å². The largest absolute Gasteiger partial charge is 0.304 e. The molecule has 0 fully saturated rings. The lowest BCUT2D eigenvalue weighted by Crippen LogP contribution is -1.94. The van der Waals surface area contributed by atoms with Gasteiger partial charge in [0, 0.05) is 0 Å². The maximum Gasteiger partial charge on any atom is 0.112 e. The van der Waals surface area contributed by atoms with Gasteiger partial charge in [-0.05, 0) is 22.9 Å². The van der Waals surface area contributed by atoms with Gasteiger partial charge in [-0.3, -0.25) is 0 Å². The zero-order valence-electron chi connectivity index (χ0n) is 7.29. The summed E-state index contributed by atoms with van der Waals surface area (Å²) < 4.78 is 27.1. The first kappa shape index (κ1) is 9.48. The SMILES string of the molecule is OS(O)(O)c1ccc2ccccc2c1. The van der Waals surface area contributed by atoms with E-state index in [1.165, 1.54) is 6.07 Å². The van der Waals surface area contributed by atoms with Crippen LogP contribution in [0.15, 0.2) is 47.4 Å². The van der Waals surface area contributed by atoms with Crippen LogP contribution in [0.4, 0.5) is 0 Å². The zero-order chi connectivity index (χ0) is 10.2. The van der Waals surface area contributed by atoms with Crippen molar-refractivity contribution in [2.75, 3.05) is 0 Å². The second kappa shape index (κ2) is 3.25. The number of fused-ring (bicyclic) bond motifs is 1. The molecule has 14 heavy (non-hydrogen) atoms. The van der Waals surface area contributed by atoms with Crippen LogP contribution in [0.5, 0.6) is 0 Å². The van der Waals surface area contributed by atoms with Gasteiger partial charge in [0.2, 0.25) is 0 Å². The number of hydrogen-bond acceptors (Lipinski definition) is 3.